The van der Waals surface area contributed by atoms with Gasteiger partial charge in [-0.2, -0.15) is 0 Å². The van der Waals surface area contributed by atoms with Gasteiger partial charge in [0, 0.05) is 23.3 Å². The first-order valence-corrected chi connectivity index (χ1v) is 6.05. The first-order valence-electron chi connectivity index (χ1n) is 5.67. The first kappa shape index (κ1) is 11.9. The Balaban J connectivity index is 2.30. The van der Waals surface area contributed by atoms with Crippen LogP contribution in [-0.2, 0) is 6.54 Å². The lowest BCUT2D eigenvalue weighted by Gasteiger charge is -2.06. The lowest BCUT2D eigenvalue weighted by Crippen LogP contribution is -2.09. The summed E-state index contributed by atoms with van der Waals surface area (Å²) in [4.78, 5) is 12.3. The Bertz CT molecular complexity index is 513. The maximum Gasteiger partial charge on any atom is 0.209 e. The fourth-order valence-corrected chi connectivity index (χ4v) is 1.93. The van der Waals surface area contributed by atoms with E-state index in [1.54, 1.807) is 24.3 Å². The van der Waals surface area contributed by atoms with E-state index in [4.69, 9.17) is 11.6 Å². The molecule has 0 bridgehead atoms. The highest BCUT2D eigenvalue weighted by Gasteiger charge is 2.12. The Morgan fingerprint density at radius 1 is 1.24 bits per heavy atom. The monoisotopic (exact) mass is 247 g/mol. The van der Waals surface area contributed by atoms with Gasteiger partial charge in [0.15, 0.2) is 0 Å². The Hall–Kier alpha value is -1.54. The van der Waals surface area contributed by atoms with E-state index >= 15 is 0 Å². The van der Waals surface area contributed by atoms with E-state index in [0.717, 1.165) is 18.7 Å². The lowest BCUT2D eigenvalue weighted by atomic mass is 10.1. The molecule has 0 N–H and O–H groups in total. The van der Waals surface area contributed by atoms with Crippen LogP contribution in [0.25, 0.3) is 0 Å². The van der Waals surface area contributed by atoms with Crippen molar-refractivity contribution in [1.82, 2.24) is 4.57 Å². The number of aromatic nitrogens is 1. The van der Waals surface area contributed by atoms with Gasteiger partial charge in [-0.25, -0.2) is 0 Å². The zero-order valence-corrected chi connectivity index (χ0v) is 10.4. The average molecular weight is 248 g/mol. The highest BCUT2D eigenvalue weighted by Crippen LogP contribution is 2.14. The molecule has 1 aromatic carbocycles. The predicted molar refractivity (Wildman–Crippen MR) is 69.6 cm³/mol. The molecule has 1 heterocycles. The molecule has 0 saturated carbocycles. The molecule has 0 aliphatic carbocycles. The number of benzene rings is 1. The number of hydrogen-bond donors (Lipinski definition) is 0. The van der Waals surface area contributed by atoms with E-state index in [0.29, 0.717) is 10.6 Å². The maximum absolute atomic E-state index is 12.3. The number of halogens is 1. The zero-order valence-electron chi connectivity index (χ0n) is 9.69. The third-order valence-electron chi connectivity index (χ3n) is 2.63. The summed E-state index contributed by atoms with van der Waals surface area (Å²) >= 11 is 5.81. The molecular formula is C14H14ClNO. The minimum atomic E-state index is 0.0418. The molecule has 0 amide bonds. The minimum Gasteiger partial charge on any atom is -0.345 e. The van der Waals surface area contributed by atoms with Gasteiger partial charge >= 0.3 is 0 Å². The maximum atomic E-state index is 12.3. The summed E-state index contributed by atoms with van der Waals surface area (Å²) in [6.07, 6.45) is 2.95. The van der Waals surface area contributed by atoms with Gasteiger partial charge in [-0.05, 0) is 42.8 Å². The molecule has 17 heavy (non-hydrogen) atoms. The van der Waals surface area contributed by atoms with Crippen LogP contribution in [-0.4, -0.2) is 10.4 Å². The first-order chi connectivity index (χ1) is 8.22. The number of hydrogen-bond acceptors (Lipinski definition) is 1. The van der Waals surface area contributed by atoms with Crippen LogP contribution in [0.2, 0.25) is 5.02 Å². The molecule has 0 radical (unpaired) electrons. The lowest BCUT2D eigenvalue weighted by molar-refractivity contribution is 0.103. The van der Waals surface area contributed by atoms with Gasteiger partial charge < -0.3 is 4.57 Å². The second-order valence-corrected chi connectivity index (χ2v) is 4.36. The number of carbonyl (C=O) groups is 1. The van der Waals surface area contributed by atoms with Crippen LogP contribution < -0.4 is 0 Å². The van der Waals surface area contributed by atoms with Gasteiger partial charge in [-0.3, -0.25) is 4.79 Å². The van der Waals surface area contributed by atoms with Crippen molar-refractivity contribution in [3.63, 3.8) is 0 Å². The van der Waals surface area contributed by atoms with E-state index in [1.807, 2.05) is 22.9 Å². The van der Waals surface area contributed by atoms with Crippen molar-refractivity contribution in [2.24, 2.45) is 0 Å². The Kier molecular flexibility index (Phi) is 3.64. The second-order valence-electron chi connectivity index (χ2n) is 3.92. The molecule has 3 heteroatoms. The summed E-state index contributed by atoms with van der Waals surface area (Å²) in [7, 11) is 0. The number of carbonyl (C=O) groups excluding carboxylic acids is 1. The van der Waals surface area contributed by atoms with Crippen LogP contribution in [0.1, 0.15) is 29.4 Å². The summed E-state index contributed by atoms with van der Waals surface area (Å²) in [5.41, 5.74) is 1.40. The SMILES string of the molecule is CCCn1cccc1C(=O)c1ccc(Cl)cc1. The summed E-state index contributed by atoms with van der Waals surface area (Å²) in [5, 5.41) is 0.644. The van der Waals surface area contributed by atoms with Crippen molar-refractivity contribution in [3.05, 3.63) is 58.9 Å². The van der Waals surface area contributed by atoms with Crippen molar-refractivity contribution in [3.8, 4) is 0 Å². The summed E-state index contributed by atoms with van der Waals surface area (Å²) in [6.45, 7) is 2.96. The van der Waals surface area contributed by atoms with Gasteiger partial charge in [-0.15, -0.1) is 0 Å². The van der Waals surface area contributed by atoms with Crippen LogP contribution in [0.3, 0.4) is 0 Å². The molecule has 0 aliphatic heterocycles. The molecular weight excluding hydrogens is 234 g/mol. The van der Waals surface area contributed by atoms with E-state index < -0.39 is 0 Å². The summed E-state index contributed by atoms with van der Waals surface area (Å²) in [5.74, 6) is 0.0418. The fourth-order valence-electron chi connectivity index (χ4n) is 1.81. The molecule has 0 unspecified atom stereocenters. The number of rotatable bonds is 4. The van der Waals surface area contributed by atoms with Crippen molar-refractivity contribution in [2.45, 2.75) is 19.9 Å². The van der Waals surface area contributed by atoms with Gasteiger partial charge in [0.05, 0.1) is 5.69 Å². The molecule has 0 spiro atoms. The average Bonchev–Trinajstić information content (AvgIpc) is 2.78. The number of ketones is 1. The molecule has 0 aliphatic rings. The zero-order chi connectivity index (χ0) is 12.3. The van der Waals surface area contributed by atoms with Crippen molar-refractivity contribution >= 4 is 17.4 Å². The molecule has 0 saturated heterocycles. The van der Waals surface area contributed by atoms with Gasteiger partial charge in [-0.1, -0.05) is 18.5 Å². The molecule has 2 aromatic rings. The standard InChI is InChI=1S/C14H14ClNO/c1-2-9-16-10-3-4-13(16)14(17)11-5-7-12(15)8-6-11/h3-8,10H,2,9H2,1H3. The molecule has 1 aromatic heterocycles. The van der Waals surface area contributed by atoms with Crippen LogP contribution >= 0.6 is 11.6 Å². The molecule has 0 atom stereocenters. The highest BCUT2D eigenvalue weighted by molar-refractivity contribution is 6.30. The van der Waals surface area contributed by atoms with Gasteiger partial charge in [0.25, 0.3) is 0 Å². The molecule has 2 rings (SSSR count). The molecule has 2 nitrogen and oxygen atoms in total. The van der Waals surface area contributed by atoms with E-state index in [9.17, 15) is 4.79 Å². The van der Waals surface area contributed by atoms with Crippen molar-refractivity contribution in [1.29, 1.82) is 0 Å². The summed E-state index contributed by atoms with van der Waals surface area (Å²) in [6, 6.07) is 10.7. The predicted octanol–water partition coefficient (Wildman–Crippen LogP) is 3.78. The van der Waals surface area contributed by atoms with E-state index in [1.165, 1.54) is 0 Å². The van der Waals surface area contributed by atoms with Crippen LogP contribution in [0.5, 0.6) is 0 Å². The second kappa shape index (κ2) is 5.19. The highest BCUT2D eigenvalue weighted by atomic mass is 35.5. The van der Waals surface area contributed by atoms with Crippen molar-refractivity contribution < 1.29 is 4.79 Å². The smallest absolute Gasteiger partial charge is 0.209 e. The van der Waals surface area contributed by atoms with E-state index in [-0.39, 0.29) is 5.78 Å². The van der Waals surface area contributed by atoms with Gasteiger partial charge in [0.2, 0.25) is 5.78 Å². The Labute approximate surface area is 106 Å². The van der Waals surface area contributed by atoms with Crippen LogP contribution in [0.4, 0.5) is 0 Å². The third kappa shape index (κ3) is 2.59. The quantitative estimate of drug-likeness (QED) is 0.754. The minimum absolute atomic E-state index is 0.0418. The van der Waals surface area contributed by atoms with Gasteiger partial charge in [0.1, 0.15) is 0 Å². The fraction of sp³-hybridized carbons (Fsp3) is 0.214. The molecule has 0 fully saturated rings. The normalized spacial score (nSPS) is 10.5. The van der Waals surface area contributed by atoms with Crippen LogP contribution in [0.15, 0.2) is 42.6 Å². The van der Waals surface area contributed by atoms with Crippen LogP contribution in [0, 0.1) is 0 Å². The number of aryl methyl sites for hydroxylation is 1. The van der Waals surface area contributed by atoms with E-state index in [2.05, 4.69) is 6.92 Å². The Morgan fingerprint density at radius 2 is 1.94 bits per heavy atom. The summed E-state index contributed by atoms with van der Waals surface area (Å²) < 4.78 is 1.98. The third-order valence-corrected chi connectivity index (χ3v) is 2.89. The number of nitrogens with zero attached hydrogens (tertiary/aromatic N) is 1. The van der Waals surface area contributed by atoms with Crippen molar-refractivity contribution in [2.75, 3.05) is 0 Å². The largest absolute Gasteiger partial charge is 0.345 e. The topological polar surface area (TPSA) is 22.0 Å². The molecule has 88 valence electrons. The Morgan fingerprint density at radius 3 is 2.59 bits per heavy atom.